The quantitative estimate of drug-likeness (QED) is 0.886. The van der Waals surface area contributed by atoms with Gasteiger partial charge in [0, 0.05) is 12.2 Å². The zero-order valence-electron chi connectivity index (χ0n) is 13.0. The number of amides is 1. The van der Waals surface area contributed by atoms with Crippen molar-refractivity contribution in [2.45, 2.75) is 19.9 Å². The molecule has 0 aromatic heterocycles. The lowest BCUT2D eigenvalue weighted by atomic mass is 10.1. The van der Waals surface area contributed by atoms with E-state index in [1.54, 1.807) is 6.07 Å². The molecule has 0 aliphatic carbocycles. The number of rotatable bonds is 6. The summed E-state index contributed by atoms with van der Waals surface area (Å²) in [6.07, 6.45) is 0.977. The Balaban J connectivity index is 1.85. The summed E-state index contributed by atoms with van der Waals surface area (Å²) in [6.45, 7) is 2.88. The summed E-state index contributed by atoms with van der Waals surface area (Å²) in [7, 11) is 1.84. The van der Waals surface area contributed by atoms with Crippen molar-refractivity contribution in [3.05, 3.63) is 65.5 Å². The highest BCUT2D eigenvalue weighted by Crippen LogP contribution is 2.10. The summed E-state index contributed by atoms with van der Waals surface area (Å²) in [6, 6.07) is 14.2. The molecule has 0 saturated carbocycles. The van der Waals surface area contributed by atoms with Crippen LogP contribution in [0.3, 0.4) is 0 Å². The number of nitrogens with zero attached hydrogens (tertiary/aromatic N) is 1. The molecule has 0 fully saturated rings. The first kappa shape index (κ1) is 16.2. The number of hydrogen-bond acceptors (Lipinski definition) is 2. The van der Waals surface area contributed by atoms with Crippen molar-refractivity contribution in [2.75, 3.05) is 18.9 Å². The van der Waals surface area contributed by atoms with Crippen molar-refractivity contribution >= 4 is 11.6 Å². The molecule has 0 aliphatic rings. The van der Waals surface area contributed by atoms with E-state index < -0.39 is 0 Å². The van der Waals surface area contributed by atoms with Gasteiger partial charge >= 0.3 is 0 Å². The predicted octanol–water partition coefficient (Wildman–Crippen LogP) is 3.46. The summed E-state index contributed by atoms with van der Waals surface area (Å²) in [4.78, 5) is 13.9. The van der Waals surface area contributed by atoms with Crippen LogP contribution >= 0.6 is 0 Å². The number of carbonyl (C=O) groups is 1. The molecular weight excluding hydrogens is 279 g/mol. The second kappa shape index (κ2) is 7.71. The Morgan fingerprint density at radius 1 is 1.14 bits per heavy atom. The van der Waals surface area contributed by atoms with E-state index in [4.69, 9.17) is 0 Å². The van der Waals surface area contributed by atoms with Crippen molar-refractivity contribution in [3.63, 3.8) is 0 Å². The SMILES string of the molecule is CCc1ccc(NC(=O)CN(C)Cc2cccc(F)c2)cc1. The van der Waals surface area contributed by atoms with Gasteiger partial charge in [-0.05, 0) is 48.9 Å². The second-order valence-corrected chi connectivity index (χ2v) is 5.40. The molecule has 2 rings (SSSR count). The molecule has 0 bridgehead atoms. The van der Waals surface area contributed by atoms with Crippen LogP contribution in [0.4, 0.5) is 10.1 Å². The highest BCUT2D eigenvalue weighted by Gasteiger charge is 2.08. The molecule has 0 saturated heterocycles. The number of nitrogens with one attached hydrogen (secondary N) is 1. The zero-order chi connectivity index (χ0) is 15.9. The summed E-state index contributed by atoms with van der Waals surface area (Å²) in [5.74, 6) is -0.338. The lowest BCUT2D eigenvalue weighted by molar-refractivity contribution is -0.117. The van der Waals surface area contributed by atoms with Gasteiger partial charge in [0.25, 0.3) is 0 Å². The minimum absolute atomic E-state index is 0.0804. The van der Waals surface area contributed by atoms with Crippen molar-refractivity contribution < 1.29 is 9.18 Å². The largest absolute Gasteiger partial charge is 0.325 e. The molecule has 0 aliphatic heterocycles. The molecule has 116 valence electrons. The fraction of sp³-hybridized carbons (Fsp3) is 0.278. The van der Waals surface area contributed by atoms with E-state index in [1.165, 1.54) is 17.7 Å². The van der Waals surface area contributed by atoms with Crippen LogP contribution in [0, 0.1) is 5.82 Å². The van der Waals surface area contributed by atoms with E-state index in [2.05, 4.69) is 12.2 Å². The van der Waals surface area contributed by atoms with Crippen molar-refractivity contribution in [1.29, 1.82) is 0 Å². The van der Waals surface area contributed by atoms with Crippen LogP contribution in [-0.2, 0) is 17.8 Å². The van der Waals surface area contributed by atoms with Crippen LogP contribution in [0.15, 0.2) is 48.5 Å². The van der Waals surface area contributed by atoms with Gasteiger partial charge in [-0.2, -0.15) is 0 Å². The number of carbonyl (C=O) groups excluding carboxylic acids is 1. The van der Waals surface area contributed by atoms with E-state index in [9.17, 15) is 9.18 Å². The molecule has 1 amide bonds. The second-order valence-electron chi connectivity index (χ2n) is 5.40. The Morgan fingerprint density at radius 3 is 2.50 bits per heavy atom. The summed E-state index contributed by atoms with van der Waals surface area (Å²) >= 11 is 0. The number of anilines is 1. The third-order valence-corrected chi connectivity index (χ3v) is 3.40. The number of likely N-dealkylation sites (N-methyl/N-ethyl adjacent to an activating group) is 1. The van der Waals surface area contributed by atoms with E-state index in [1.807, 2.05) is 42.3 Å². The van der Waals surface area contributed by atoms with Gasteiger partial charge < -0.3 is 5.32 Å². The molecule has 4 heteroatoms. The average Bonchev–Trinajstić information content (AvgIpc) is 2.47. The first-order chi connectivity index (χ1) is 10.6. The van der Waals surface area contributed by atoms with Gasteiger partial charge in [-0.1, -0.05) is 31.2 Å². The van der Waals surface area contributed by atoms with Crippen LogP contribution in [0.1, 0.15) is 18.1 Å². The molecule has 22 heavy (non-hydrogen) atoms. The molecule has 0 atom stereocenters. The Hall–Kier alpha value is -2.20. The highest BCUT2D eigenvalue weighted by atomic mass is 19.1. The third-order valence-electron chi connectivity index (χ3n) is 3.40. The molecule has 2 aromatic carbocycles. The molecule has 2 aromatic rings. The number of halogens is 1. The smallest absolute Gasteiger partial charge is 0.238 e. The van der Waals surface area contributed by atoms with Crippen LogP contribution in [0.25, 0.3) is 0 Å². The lowest BCUT2D eigenvalue weighted by Gasteiger charge is -2.16. The van der Waals surface area contributed by atoms with Crippen LogP contribution in [0.2, 0.25) is 0 Å². The maximum atomic E-state index is 13.1. The van der Waals surface area contributed by atoms with Gasteiger partial charge in [0.15, 0.2) is 0 Å². The van der Waals surface area contributed by atoms with Crippen molar-refractivity contribution in [2.24, 2.45) is 0 Å². The summed E-state index contributed by atoms with van der Waals surface area (Å²) in [5, 5.41) is 2.87. The number of aryl methyl sites for hydroxylation is 1. The minimum Gasteiger partial charge on any atom is -0.325 e. The predicted molar refractivity (Wildman–Crippen MR) is 87.2 cm³/mol. The molecule has 0 unspecified atom stereocenters. The van der Waals surface area contributed by atoms with E-state index in [-0.39, 0.29) is 18.3 Å². The third kappa shape index (κ3) is 4.97. The standard InChI is InChI=1S/C18H21FN2O/c1-3-14-7-9-17(10-8-14)20-18(22)13-21(2)12-15-5-4-6-16(19)11-15/h4-11H,3,12-13H2,1-2H3,(H,20,22). The molecule has 0 radical (unpaired) electrons. The molecular formula is C18H21FN2O. The van der Waals surface area contributed by atoms with Gasteiger partial charge in [-0.3, -0.25) is 9.69 Å². The van der Waals surface area contributed by atoms with E-state index >= 15 is 0 Å². The van der Waals surface area contributed by atoms with Crippen molar-refractivity contribution in [3.8, 4) is 0 Å². The van der Waals surface area contributed by atoms with Gasteiger partial charge in [0.2, 0.25) is 5.91 Å². The summed E-state index contributed by atoms with van der Waals surface area (Å²) in [5.41, 5.74) is 2.88. The first-order valence-corrected chi connectivity index (χ1v) is 7.38. The zero-order valence-corrected chi connectivity index (χ0v) is 13.0. The summed E-state index contributed by atoms with van der Waals surface area (Å²) < 4.78 is 13.1. The van der Waals surface area contributed by atoms with E-state index in [0.717, 1.165) is 17.7 Å². The number of hydrogen-bond donors (Lipinski definition) is 1. The lowest BCUT2D eigenvalue weighted by Crippen LogP contribution is -2.29. The fourth-order valence-corrected chi connectivity index (χ4v) is 2.27. The monoisotopic (exact) mass is 300 g/mol. The maximum absolute atomic E-state index is 13.1. The van der Waals surface area contributed by atoms with Crippen LogP contribution in [0.5, 0.6) is 0 Å². The average molecular weight is 300 g/mol. The molecule has 0 spiro atoms. The molecule has 1 N–H and O–H groups in total. The van der Waals surface area contributed by atoms with Crippen LogP contribution in [-0.4, -0.2) is 24.4 Å². The van der Waals surface area contributed by atoms with Gasteiger partial charge in [0.05, 0.1) is 6.54 Å². The van der Waals surface area contributed by atoms with Gasteiger partial charge in [0.1, 0.15) is 5.82 Å². The highest BCUT2D eigenvalue weighted by molar-refractivity contribution is 5.92. The van der Waals surface area contributed by atoms with Crippen LogP contribution < -0.4 is 5.32 Å². The maximum Gasteiger partial charge on any atom is 0.238 e. The molecule has 3 nitrogen and oxygen atoms in total. The topological polar surface area (TPSA) is 32.3 Å². The van der Waals surface area contributed by atoms with Gasteiger partial charge in [-0.15, -0.1) is 0 Å². The Morgan fingerprint density at radius 2 is 1.86 bits per heavy atom. The fourth-order valence-electron chi connectivity index (χ4n) is 2.27. The Kier molecular flexibility index (Phi) is 5.67. The Labute approximate surface area is 130 Å². The first-order valence-electron chi connectivity index (χ1n) is 7.38. The van der Waals surface area contributed by atoms with Crippen molar-refractivity contribution in [1.82, 2.24) is 4.90 Å². The number of benzene rings is 2. The molecule has 0 heterocycles. The normalized spacial score (nSPS) is 10.7. The van der Waals surface area contributed by atoms with E-state index in [0.29, 0.717) is 6.54 Å². The van der Waals surface area contributed by atoms with Gasteiger partial charge in [-0.25, -0.2) is 4.39 Å². The minimum atomic E-state index is -0.258. The Bertz CT molecular complexity index is 625.